The molecule has 0 bridgehead atoms. The second-order valence-electron chi connectivity index (χ2n) is 6.82. The van der Waals surface area contributed by atoms with Gasteiger partial charge in [0.2, 0.25) is 5.82 Å². The van der Waals surface area contributed by atoms with E-state index in [1.54, 1.807) is 18.2 Å². The molecule has 3 heterocycles. The Hall–Kier alpha value is -3.32. The molecule has 1 atom stereocenters. The second-order valence-corrected chi connectivity index (χ2v) is 6.82. The molecular formula is C21H17FN4O2. The zero-order chi connectivity index (χ0) is 19.1. The maximum atomic E-state index is 13.9. The van der Waals surface area contributed by atoms with Gasteiger partial charge in [-0.2, -0.15) is 10.1 Å². The van der Waals surface area contributed by atoms with Crippen LogP contribution in [-0.4, -0.2) is 19.9 Å². The molecule has 2 aromatic carbocycles. The Balaban J connectivity index is 1.41. The number of aromatic nitrogens is 4. The van der Waals surface area contributed by atoms with Gasteiger partial charge in [-0.15, -0.1) is 0 Å². The van der Waals surface area contributed by atoms with Crippen LogP contribution in [0.1, 0.15) is 22.9 Å². The maximum Gasteiger partial charge on any atom is 0.278 e. The van der Waals surface area contributed by atoms with Crippen LogP contribution >= 0.6 is 0 Å². The molecule has 0 saturated heterocycles. The molecule has 2 aromatic heterocycles. The normalized spacial score (nSPS) is 16.1. The zero-order valence-electron chi connectivity index (χ0n) is 15.2. The molecule has 4 aromatic rings. The summed E-state index contributed by atoms with van der Waals surface area (Å²) in [5.41, 5.74) is 4.11. The lowest BCUT2D eigenvalue weighted by Crippen LogP contribution is -2.21. The van der Waals surface area contributed by atoms with E-state index in [0.717, 1.165) is 11.3 Å². The van der Waals surface area contributed by atoms with E-state index in [-0.39, 0.29) is 17.8 Å². The van der Waals surface area contributed by atoms with Crippen molar-refractivity contribution in [1.82, 2.24) is 19.9 Å². The Morgan fingerprint density at radius 1 is 1.11 bits per heavy atom. The van der Waals surface area contributed by atoms with E-state index in [9.17, 15) is 4.39 Å². The van der Waals surface area contributed by atoms with Crippen molar-refractivity contribution in [2.75, 3.05) is 0 Å². The van der Waals surface area contributed by atoms with E-state index in [1.807, 2.05) is 10.7 Å². The van der Waals surface area contributed by atoms with Crippen molar-refractivity contribution in [3.05, 3.63) is 77.2 Å². The van der Waals surface area contributed by atoms with Gasteiger partial charge in [0.1, 0.15) is 11.9 Å². The summed E-state index contributed by atoms with van der Waals surface area (Å²) in [6, 6.07) is 16.5. The first-order chi connectivity index (χ1) is 13.7. The van der Waals surface area contributed by atoms with Crippen LogP contribution in [0.2, 0.25) is 0 Å². The van der Waals surface area contributed by atoms with Gasteiger partial charge in [-0.05, 0) is 30.7 Å². The predicted molar refractivity (Wildman–Crippen MR) is 99.6 cm³/mol. The first-order valence-electron chi connectivity index (χ1n) is 9.01. The summed E-state index contributed by atoms with van der Waals surface area (Å²) in [6.45, 7) is 3.11. The Morgan fingerprint density at radius 3 is 2.75 bits per heavy atom. The molecule has 0 amide bonds. The van der Waals surface area contributed by atoms with Gasteiger partial charge in [0.15, 0.2) is 5.69 Å². The number of rotatable bonds is 3. The molecule has 0 radical (unpaired) electrons. The van der Waals surface area contributed by atoms with E-state index in [4.69, 9.17) is 9.26 Å². The van der Waals surface area contributed by atoms with Gasteiger partial charge in [0.05, 0.1) is 24.4 Å². The summed E-state index contributed by atoms with van der Waals surface area (Å²) in [5, 5.41) is 8.48. The average Bonchev–Trinajstić information content (AvgIpc) is 3.35. The van der Waals surface area contributed by atoms with Gasteiger partial charge in [-0.3, -0.25) is 4.68 Å². The number of benzene rings is 2. The Kier molecular flexibility index (Phi) is 4.02. The minimum absolute atomic E-state index is 0.0579. The molecule has 0 N–H and O–H groups in total. The molecule has 0 fully saturated rings. The molecule has 0 saturated carbocycles. The van der Waals surface area contributed by atoms with Gasteiger partial charge in [0.25, 0.3) is 5.89 Å². The fraction of sp³-hybridized carbons (Fsp3) is 0.190. The van der Waals surface area contributed by atoms with Crippen LogP contribution < -0.4 is 0 Å². The van der Waals surface area contributed by atoms with E-state index in [1.165, 1.54) is 11.6 Å². The fourth-order valence-corrected chi connectivity index (χ4v) is 3.29. The highest BCUT2D eigenvalue weighted by Gasteiger charge is 2.24. The van der Waals surface area contributed by atoms with E-state index in [0.29, 0.717) is 24.4 Å². The number of aryl methyl sites for hydroxylation is 1. The SMILES string of the molecule is Cc1ccc([C@H]2Cn3nc(-c4nc(-c5ccccc5F)no4)cc3CO2)cc1. The second kappa shape index (κ2) is 6.69. The highest BCUT2D eigenvalue weighted by Crippen LogP contribution is 2.29. The number of halogens is 1. The first kappa shape index (κ1) is 16.8. The van der Waals surface area contributed by atoms with Gasteiger partial charge in [-0.25, -0.2) is 4.39 Å². The largest absolute Gasteiger partial charge is 0.365 e. The summed E-state index contributed by atoms with van der Waals surface area (Å²) in [6.07, 6.45) is -0.0579. The number of nitrogens with zero attached hydrogens (tertiary/aromatic N) is 4. The quantitative estimate of drug-likeness (QED) is 0.533. The van der Waals surface area contributed by atoms with Crippen molar-refractivity contribution in [2.24, 2.45) is 0 Å². The Morgan fingerprint density at radius 2 is 1.93 bits per heavy atom. The molecular weight excluding hydrogens is 359 g/mol. The highest BCUT2D eigenvalue weighted by atomic mass is 19.1. The number of hydrogen-bond donors (Lipinski definition) is 0. The molecule has 140 valence electrons. The van der Waals surface area contributed by atoms with Crippen molar-refractivity contribution >= 4 is 0 Å². The van der Waals surface area contributed by atoms with Gasteiger partial charge < -0.3 is 9.26 Å². The lowest BCUT2D eigenvalue weighted by Gasteiger charge is -2.24. The van der Waals surface area contributed by atoms with Crippen LogP contribution in [0.3, 0.4) is 0 Å². The molecule has 5 rings (SSSR count). The van der Waals surface area contributed by atoms with Crippen molar-refractivity contribution in [3.8, 4) is 23.0 Å². The van der Waals surface area contributed by atoms with E-state index < -0.39 is 5.82 Å². The van der Waals surface area contributed by atoms with Crippen molar-refractivity contribution in [1.29, 1.82) is 0 Å². The lowest BCUT2D eigenvalue weighted by atomic mass is 10.1. The zero-order valence-corrected chi connectivity index (χ0v) is 15.2. The van der Waals surface area contributed by atoms with Crippen LogP contribution in [0.5, 0.6) is 0 Å². The third-order valence-corrected chi connectivity index (χ3v) is 4.84. The molecule has 1 aliphatic heterocycles. The topological polar surface area (TPSA) is 66.0 Å². The fourth-order valence-electron chi connectivity index (χ4n) is 3.29. The van der Waals surface area contributed by atoms with Crippen LogP contribution in [0.25, 0.3) is 23.0 Å². The number of fused-ring (bicyclic) bond motifs is 1. The van der Waals surface area contributed by atoms with Crippen LogP contribution in [-0.2, 0) is 17.9 Å². The highest BCUT2D eigenvalue weighted by molar-refractivity contribution is 5.58. The van der Waals surface area contributed by atoms with Gasteiger partial charge >= 0.3 is 0 Å². The molecule has 1 aliphatic rings. The number of hydrogen-bond acceptors (Lipinski definition) is 5. The molecule has 7 heteroatoms. The average molecular weight is 376 g/mol. The lowest BCUT2D eigenvalue weighted by molar-refractivity contribution is -0.00113. The van der Waals surface area contributed by atoms with Crippen LogP contribution in [0.4, 0.5) is 4.39 Å². The van der Waals surface area contributed by atoms with Gasteiger partial charge in [-0.1, -0.05) is 47.1 Å². The summed E-state index contributed by atoms with van der Waals surface area (Å²) < 4.78 is 27.2. The third-order valence-electron chi connectivity index (χ3n) is 4.84. The van der Waals surface area contributed by atoms with Crippen LogP contribution in [0, 0.1) is 12.7 Å². The van der Waals surface area contributed by atoms with E-state index in [2.05, 4.69) is 46.4 Å². The third kappa shape index (κ3) is 2.99. The molecule has 0 aliphatic carbocycles. The molecule has 0 unspecified atom stereocenters. The van der Waals surface area contributed by atoms with E-state index >= 15 is 0 Å². The Bertz CT molecular complexity index is 1130. The minimum Gasteiger partial charge on any atom is -0.365 e. The molecule has 28 heavy (non-hydrogen) atoms. The van der Waals surface area contributed by atoms with Gasteiger partial charge in [0, 0.05) is 0 Å². The summed E-state index contributed by atoms with van der Waals surface area (Å²) in [4.78, 5) is 4.31. The molecule has 0 spiro atoms. The van der Waals surface area contributed by atoms with Crippen LogP contribution in [0.15, 0.2) is 59.1 Å². The minimum atomic E-state index is -0.395. The first-order valence-corrected chi connectivity index (χ1v) is 9.01. The monoisotopic (exact) mass is 376 g/mol. The predicted octanol–water partition coefficient (Wildman–Crippen LogP) is 4.32. The Labute approximate surface area is 160 Å². The maximum absolute atomic E-state index is 13.9. The van der Waals surface area contributed by atoms with Crippen molar-refractivity contribution in [2.45, 2.75) is 26.2 Å². The van der Waals surface area contributed by atoms with Crippen molar-refractivity contribution < 1.29 is 13.7 Å². The molecule has 6 nitrogen and oxygen atoms in total. The summed E-state index contributed by atoms with van der Waals surface area (Å²) in [7, 11) is 0. The standard InChI is InChI=1S/C21H17FN4O2/c1-13-6-8-14(9-7-13)19-11-26-15(12-27-19)10-18(24-26)21-23-20(25-28-21)16-4-2-3-5-17(16)22/h2-10,19H,11-12H2,1H3/t19-/m1/s1. The number of ether oxygens (including phenoxy) is 1. The smallest absolute Gasteiger partial charge is 0.278 e. The summed E-state index contributed by atoms with van der Waals surface area (Å²) >= 11 is 0. The van der Waals surface area contributed by atoms with Crippen molar-refractivity contribution in [3.63, 3.8) is 0 Å². The summed E-state index contributed by atoms with van der Waals surface area (Å²) in [5.74, 6) is 0.0632.